The van der Waals surface area contributed by atoms with Gasteiger partial charge in [-0.2, -0.15) is 0 Å². The highest BCUT2D eigenvalue weighted by atomic mass is 35.5. The minimum Gasteiger partial charge on any atom is -0.487 e. The van der Waals surface area contributed by atoms with Crippen molar-refractivity contribution in [3.05, 3.63) is 69.8 Å². The second-order valence-electron chi connectivity index (χ2n) is 7.91. The number of carboxylic acid groups (broad SMARTS) is 1. The van der Waals surface area contributed by atoms with Crippen LogP contribution in [0.25, 0.3) is 6.08 Å². The molecule has 4 amide bonds. The number of nitrogens with one attached hydrogen (secondary N) is 1. The van der Waals surface area contributed by atoms with Gasteiger partial charge in [0, 0.05) is 6.04 Å². The molecule has 170 valence electrons. The Hall–Kier alpha value is -3.65. The highest BCUT2D eigenvalue weighted by Gasteiger charge is 2.40. The lowest BCUT2D eigenvalue weighted by Crippen LogP contribution is -2.57. The second kappa shape index (κ2) is 9.46. The molecule has 4 rings (SSSR count). The number of hydrogen-bond acceptors (Lipinski definition) is 5. The first-order chi connectivity index (χ1) is 15.8. The van der Waals surface area contributed by atoms with Crippen molar-refractivity contribution in [1.82, 2.24) is 10.2 Å². The van der Waals surface area contributed by atoms with Crippen LogP contribution in [-0.2, 0) is 16.2 Å². The van der Waals surface area contributed by atoms with Crippen molar-refractivity contribution in [2.24, 2.45) is 0 Å². The monoisotopic (exact) mass is 468 g/mol. The molecule has 2 aromatic carbocycles. The van der Waals surface area contributed by atoms with E-state index in [9.17, 15) is 19.2 Å². The lowest BCUT2D eigenvalue weighted by Gasteiger charge is -2.31. The zero-order valence-electron chi connectivity index (χ0n) is 17.5. The highest BCUT2D eigenvalue weighted by molar-refractivity contribution is 6.33. The molecule has 0 aromatic heterocycles. The minimum absolute atomic E-state index is 0.112. The van der Waals surface area contributed by atoms with Crippen LogP contribution < -0.4 is 10.1 Å². The van der Waals surface area contributed by atoms with E-state index in [1.54, 1.807) is 30.3 Å². The fraction of sp³-hybridized carbons (Fsp3) is 0.250. The van der Waals surface area contributed by atoms with Gasteiger partial charge in [-0.15, -0.1) is 0 Å². The number of benzene rings is 2. The Kier molecular flexibility index (Phi) is 6.46. The summed E-state index contributed by atoms with van der Waals surface area (Å²) in [6.07, 6.45) is 4.73. The fourth-order valence-electron chi connectivity index (χ4n) is 4.01. The third-order valence-corrected chi connectivity index (χ3v) is 5.95. The van der Waals surface area contributed by atoms with E-state index in [1.807, 2.05) is 0 Å². The lowest BCUT2D eigenvalue weighted by atomic mass is 10.1. The summed E-state index contributed by atoms with van der Waals surface area (Å²) in [7, 11) is 0. The van der Waals surface area contributed by atoms with Crippen LogP contribution in [0.15, 0.2) is 48.0 Å². The van der Waals surface area contributed by atoms with E-state index < -0.39 is 23.8 Å². The van der Waals surface area contributed by atoms with Crippen molar-refractivity contribution in [2.45, 2.75) is 38.3 Å². The molecule has 9 heteroatoms. The molecular formula is C24H21ClN2O6. The molecule has 0 bridgehead atoms. The van der Waals surface area contributed by atoms with E-state index in [2.05, 4.69) is 5.32 Å². The Labute approximate surface area is 194 Å². The van der Waals surface area contributed by atoms with Crippen molar-refractivity contribution in [2.75, 3.05) is 0 Å². The summed E-state index contributed by atoms with van der Waals surface area (Å²) < 4.78 is 5.70. The van der Waals surface area contributed by atoms with Crippen LogP contribution in [0.2, 0.25) is 5.02 Å². The van der Waals surface area contributed by atoms with Gasteiger partial charge in [-0.25, -0.2) is 9.59 Å². The number of urea groups is 1. The predicted octanol–water partition coefficient (Wildman–Crippen LogP) is 4.02. The summed E-state index contributed by atoms with van der Waals surface area (Å²) in [5.41, 5.74) is 1.19. The summed E-state index contributed by atoms with van der Waals surface area (Å²) in [5, 5.41) is 11.6. The molecule has 33 heavy (non-hydrogen) atoms. The number of barbiturate groups is 1. The van der Waals surface area contributed by atoms with Crippen molar-refractivity contribution in [3.63, 3.8) is 0 Å². The molecule has 1 heterocycles. The molecule has 1 aliphatic carbocycles. The summed E-state index contributed by atoms with van der Waals surface area (Å²) in [6.45, 7) is 0.112. The van der Waals surface area contributed by atoms with E-state index >= 15 is 0 Å². The zero-order valence-corrected chi connectivity index (χ0v) is 18.3. The lowest BCUT2D eigenvalue weighted by molar-refractivity contribution is -0.131. The van der Waals surface area contributed by atoms with E-state index in [4.69, 9.17) is 21.4 Å². The fourth-order valence-corrected chi connectivity index (χ4v) is 4.25. The van der Waals surface area contributed by atoms with E-state index in [1.165, 1.54) is 18.2 Å². The van der Waals surface area contributed by atoms with Crippen molar-refractivity contribution < 1.29 is 29.0 Å². The maximum atomic E-state index is 12.9. The van der Waals surface area contributed by atoms with Gasteiger partial charge in [0.15, 0.2) is 0 Å². The number of rotatable bonds is 6. The van der Waals surface area contributed by atoms with Crippen LogP contribution in [0.4, 0.5) is 4.79 Å². The van der Waals surface area contributed by atoms with Gasteiger partial charge in [0.05, 0.1) is 10.6 Å². The van der Waals surface area contributed by atoms with E-state index in [0.29, 0.717) is 16.9 Å². The SMILES string of the molecule is O=C1NC(=O)N(C2CCCC2)C(=O)/C1=C/c1ccc(OCc2cccc(C(=O)O)c2)c(Cl)c1. The molecule has 2 aromatic rings. The van der Waals surface area contributed by atoms with Crippen molar-refractivity contribution in [3.8, 4) is 5.75 Å². The molecule has 0 unspecified atom stereocenters. The van der Waals surface area contributed by atoms with Crippen LogP contribution in [0, 0.1) is 0 Å². The molecule has 2 N–H and O–H groups in total. The second-order valence-corrected chi connectivity index (χ2v) is 8.32. The topological polar surface area (TPSA) is 113 Å². The Morgan fingerprint density at radius 3 is 2.61 bits per heavy atom. The molecule has 0 spiro atoms. The summed E-state index contributed by atoms with van der Waals surface area (Å²) >= 11 is 6.32. The summed E-state index contributed by atoms with van der Waals surface area (Å²) in [6, 6.07) is 10.3. The number of carboxylic acids is 1. The Bertz CT molecular complexity index is 1170. The molecule has 1 saturated heterocycles. The minimum atomic E-state index is -1.03. The van der Waals surface area contributed by atoms with Crippen LogP contribution in [0.5, 0.6) is 5.75 Å². The molecule has 2 aliphatic rings. The molecular weight excluding hydrogens is 448 g/mol. The number of carbonyl (C=O) groups is 4. The molecule has 2 fully saturated rings. The highest BCUT2D eigenvalue weighted by Crippen LogP contribution is 2.30. The maximum Gasteiger partial charge on any atom is 0.335 e. The number of imide groups is 2. The number of carbonyl (C=O) groups excluding carboxylic acids is 3. The Morgan fingerprint density at radius 2 is 1.91 bits per heavy atom. The summed E-state index contributed by atoms with van der Waals surface area (Å²) in [4.78, 5) is 49.7. The maximum absolute atomic E-state index is 12.9. The quantitative estimate of drug-likeness (QED) is 0.489. The van der Waals surface area contributed by atoms with Crippen LogP contribution in [0.1, 0.15) is 47.2 Å². The molecule has 8 nitrogen and oxygen atoms in total. The van der Waals surface area contributed by atoms with Gasteiger partial charge in [0.25, 0.3) is 11.8 Å². The smallest absolute Gasteiger partial charge is 0.335 e. The van der Waals surface area contributed by atoms with Crippen molar-refractivity contribution in [1.29, 1.82) is 0 Å². The first-order valence-corrected chi connectivity index (χ1v) is 10.9. The molecule has 1 aliphatic heterocycles. The first-order valence-electron chi connectivity index (χ1n) is 10.5. The zero-order chi connectivity index (χ0) is 23.5. The Morgan fingerprint density at radius 1 is 1.15 bits per heavy atom. The van der Waals surface area contributed by atoms with Gasteiger partial charge in [-0.1, -0.05) is 42.6 Å². The van der Waals surface area contributed by atoms with E-state index in [0.717, 1.165) is 30.6 Å². The number of nitrogens with zero attached hydrogens (tertiary/aromatic N) is 1. The third kappa shape index (κ3) is 4.90. The van der Waals surface area contributed by atoms with Gasteiger partial charge in [-0.3, -0.25) is 19.8 Å². The van der Waals surface area contributed by atoms with Gasteiger partial charge < -0.3 is 9.84 Å². The van der Waals surface area contributed by atoms with E-state index in [-0.39, 0.29) is 28.8 Å². The van der Waals surface area contributed by atoms with Crippen LogP contribution >= 0.6 is 11.6 Å². The van der Waals surface area contributed by atoms with Crippen LogP contribution in [-0.4, -0.2) is 39.9 Å². The number of amides is 4. The summed E-state index contributed by atoms with van der Waals surface area (Å²) in [5.74, 6) is -2.01. The van der Waals surface area contributed by atoms with Gasteiger partial charge in [-0.05, 0) is 54.3 Å². The predicted molar refractivity (Wildman–Crippen MR) is 120 cm³/mol. The normalized spacial score (nSPS) is 18.0. The van der Waals surface area contributed by atoms with Gasteiger partial charge in [0.1, 0.15) is 17.9 Å². The van der Waals surface area contributed by atoms with Crippen LogP contribution in [0.3, 0.4) is 0 Å². The number of aromatic carboxylic acids is 1. The average molecular weight is 469 g/mol. The molecule has 1 saturated carbocycles. The number of ether oxygens (including phenoxy) is 1. The third-order valence-electron chi connectivity index (χ3n) is 5.66. The van der Waals surface area contributed by atoms with Gasteiger partial charge in [0.2, 0.25) is 0 Å². The standard InChI is InChI=1S/C24H21ClN2O6/c25-19-12-14(8-9-20(19)33-13-15-4-3-5-16(10-15)23(30)31)11-18-21(28)26-24(32)27(22(18)29)17-6-1-2-7-17/h3-5,8-12,17H,1-2,6-7,13H2,(H,30,31)(H,26,28,32)/b18-11+. The number of hydrogen-bond donors (Lipinski definition) is 2. The molecule has 0 radical (unpaired) electrons. The van der Waals surface area contributed by atoms with Crippen molar-refractivity contribution >= 4 is 41.5 Å². The molecule has 0 atom stereocenters. The Balaban J connectivity index is 1.50. The van der Waals surface area contributed by atoms with Gasteiger partial charge >= 0.3 is 12.0 Å². The number of halogens is 1. The largest absolute Gasteiger partial charge is 0.487 e. The average Bonchev–Trinajstić information content (AvgIpc) is 3.30. The first kappa shape index (κ1) is 22.5.